The molecule has 0 aromatic carbocycles. The fraction of sp³-hybridized carbons (Fsp3) is 0.638. The van der Waals surface area contributed by atoms with Crippen LogP contribution in [-0.4, -0.2) is 37.2 Å². The summed E-state index contributed by atoms with van der Waals surface area (Å²) in [6.07, 6.45) is 87.3. The molecule has 0 saturated heterocycles. The lowest BCUT2D eigenvalue weighted by Crippen LogP contribution is -2.30. The second-order valence-electron chi connectivity index (χ2n) is 19.8. The molecule has 6 heteroatoms. The maximum atomic E-state index is 12.9. The molecule has 0 aliphatic heterocycles. The predicted octanol–water partition coefficient (Wildman–Crippen LogP) is 21.0. The highest BCUT2D eigenvalue weighted by molar-refractivity contribution is 5.71. The number of carbonyl (C=O) groups is 3. The van der Waals surface area contributed by atoms with Gasteiger partial charge in [-0.2, -0.15) is 0 Å². The van der Waals surface area contributed by atoms with E-state index in [1.807, 2.05) is 0 Å². The van der Waals surface area contributed by atoms with Crippen molar-refractivity contribution in [2.75, 3.05) is 13.2 Å². The van der Waals surface area contributed by atoms with E-state index in [-0.39, 0.29) is 31.1 Å². The Balaban J connectivity index is 4.42. The van der Waals surface area contributed by atoms with Gasteiger partial charge in [0.15, 0.2) is 6.10 Å². The molecule has 75 heavy (non-hydrogen) atoms. The molecular formula is C69H112O6. The molecule has 1 unspecified atom stereocenters. The monoisotopic (exact) mass is 1040 g/mol. The molecule has 0 aromatic heterocycles. The Morgan fingerprint density at radius 2 is 0.520 bits per heavy atom. The molecule has 0 N–H and O–H groups in total. The van der Waals surface area contributed by atoms with Crippen LogP contribution in [0.15, 0.2) is 134 Å². The van der Waals surface area contributed by atoms with Gasteiger partial charge in [0.25, 0.3) is 0 Å². The summed E-state index contributed by atoms with van der Waals surface area (Å²) in [5.74, 6) is -0.949. The van der Waals surface area contributed by atoms with Crippen LogP contribution in [-0.2, 0) is 28.6 Å². The molecule has 0 bridgehead atoms. The van der Waals surface area contributed by atoms with E-state index in [4.69, 9.17) is 14.2 Å². The first-order valence-electron chi connectivity index (χ1n) is 30.7. The van der Waals surface area contributed by atoms with Crippen LogP contribution in [0.5, 0.6) is 0 Å². The van der Waals surface area contributed by atoms with Gasteiger partial charge in [0.05, 0.1) is 0 Å². The largest absolute Gasteiger partial charge is 0.462 e. The van der Waals surface area contributed by atoms with Crippen molar-refractivity contribution in [2.45, 2.75) is 271 Å². The van der Waals surface area contributed by atoms with Gasteiger partial charge < -0.3 is 14.2 Å². The van der Waals surface area contributed by atoms with Crippen LogP contribution in [0.1, 0.15) is 265 Å². The standard InChI is InChI=1S/C69H112O6/c1-4-7-10-13-16-19-22-25-27-29-31-32-33-34-35-36-38-39-41-44-47-50-53-56-59-62-68(71)74-65-66(64-73-67(70)61-58-55-52-49-46-43-24-21-18-15-12-9-6-3)75-69(72)63-60-57-54-51-48-45-42-40-37-30-28-26-23-20-17-14-11-8-5-2/h7,9-10,12,16-21,25-28,31-32,34-35,38-39,43,46,66H,4-6,8,11,13-15,22-24,29-30,33,36-37,40-42,44-45,47-65H2,1-3H3/b10-7-,12-9-,19-16-,20-17-,21-18-,27-25-,28-26-,32-31-,35-34-,39-38-,46-43-. The normalized spacial score (nSPS) is 13.1. The predicted molar refractivity (Wildman–Crippen MR) is 325 cm³/mol. The number of hydrogen-bond donors (Lipinski definition) is 0. The van der Waals surface area contributed by atoms with E-state index >= 15 is 0 Å². The van der Waals surface area contributed by atoms with Crippen LogP contribution in [0.3, 0.4) is 0 Å². The molecule has 6 nitrogen and oxygen atoms in total. The third kappa shape index (κ3) is 60.3. The van der Waals surface area contributed by atoms with Crippen LogP contribution >= 0.6 is 0 Å². The zero-order chi connectivity index (χ0) is 54.3. The first-order valence-corrected chi connectivity index (χ1v) is 30.7. The summed E-state index contributed by atoms with van der Waals surface area (Å²) in [5, 5.41) is 0. The summed E-state index contributed by atoms with van der Waals surface area (Å²) in [5.41, 5.74) is 0. The van der Waals surface area contributed by atoms with Crippen molar-refractivity contribution < 1.29 is 28.6 Å². The van der Waals surface area contributed by atoms with Gasteiger partial charge in [-0.1, -0.05) is 244 Å². The first kappa shape index (κ1) is 70.5. The number of ether oxygens (including phenoxy) is 3. The van der Waals surface area contributed by atoms with Gasteiger partial charge >= 0.3 is 17.9 Å². The lowest BCUT2D eigenvalue weighted by atomic mass is 10.1. The zero-order valence-electron chi connectivity index (χ0n) is 48.5. The van der Waals surface area contributed by atoms with E-state index in [1.54, 1.807) is 0 Å². The van der Waals surface area contributed by atoms with E-state index in [1.165, 1.54) is 83.5 Å². The lowest BCUT2D eigenvalue weighted by molar-refractivity contribution is -0.167. The van der Waals surface area contributed by atoms with E-state index in [0.717, 1.165) is 141 Å². The number of esters is 3. The molecule has 424 valence electrons. The van der Waals surface area contributed by atoms with Crippen molar-refractivity contribution in [1.29, 1.82) is 0 Å². The average Bonchev–Trinajstić information content (AvgIpc) is 3.41. The van der Waals surface area contributed by atoms with Crippen LogP contribution in [0.25, 0.3) is 0 Å². The summed E-state index contributed by atoms with van der Waals surface area (Å²) in [6, 6.07) is 0. The van der Waals surface area contributed by atoms with E-state index < -0.39 is 6.10 Å². The number of hydrogen-bond acceptors (Lipinski definition) is 6. The van der Waals surface area contributed by atoms with Gasteiger partial charge in [-0.05, 0) is 135 Å². The van der Waals surface area contributed by atoms with E-state index in [9.17, 15) is 14.4 Å². The Labute approximate surface area is 462 Å². The number of allylic oxidation sites excluding steroid dienone is 22. The van der Waals surface area contributed by atoms with Crippen LogP contribution in [0.2, 0.25) is 0 Å². The molecular weight excluding hydrogens is 925 g/mol. The van der Waals surface area contributed by atoms with E-state index in [2.05, 4.69) is 154 Å². The minimum absolute atomic E-state index is 0.101. The van der Waals surface area contributed by atoms with Crippen molar-refractivity contribution in [3.63, 3.8) is 0 Å². The fourth-order valence-electron chi connectivity index (χ4n) is 8.08. The second-order valence-corrected chi connectivity index (χ2v) is 19.8. The average molecular weight is 1040 g/mol. The molecule has 0 rings (SSSR count). The molecule has 0 aliphatic carbocycles. The van der Waals surface area contributed by atoms with Gasteiger partial charge in [-0.3, -0.25) is 14.4 Å². The minimum Gasteiger partial charge on any atom is -0.462 e. The van der Waals surface area contributed by atoms with Gasteiger partial charge in [-0.25, -0.2) is 0 Å². The third-order valence-corrected chi connectivity index (χ3v) is 12.6. The lowest BCUT2D eigenvalue weighted by Gasteiger charge is -2.18. The summed E-state index contributed by atoms with van der Waals surface area (Å²) >= 11 is 0. The summed E-state index contributed by atoms with van der Waals surface area (Å²) in [6.45, 7) is 6.35. The Morgan fingerprint density at radius 1 is 0.280 bits per heavy atom. The van der Waals surface area contributed by atoms with E-state index in [0.29, 0.717) is 19.3 Å². The summed E-state index contributed by atoms with van der Waals surface area (Å²) in [7, 11) is 0. The maximum Gasteiger partial charge on any atom is 0.306 e. The van der Waals surface area contributed by atoms with Crippen molar-refractivity contribution in [1.82, 2.24) is 0 Å². The first-order chi connectivity index (χ1) is 37.0. The van der Waals surface area contributed by atoms with Gasteiger partial charge in [0.2, 0.25) is 0 Å². The molecule has 0 aromatic rings. The Bertz CT molecular complexity index is 1620. The molecule has 1 atom stereocenters. The number of unbranched alkanes of at least 4 members (excludes halogenated alkanes) is 21. The molecule has 0 spiro atoms. The van der Waals surface area contributed by atoms with Crippen LogP contribution < -0.4 is 0 Å². The smallest absolute Gasteiger partial charge is 0.306 e. The Kier molecular flexibility index (Phi) is 58.4. The van der Waals surface area contributed by atoms with Gasteiger partial charge in [-0.15, -0.1) is 0 Å². The maximum absolute atomic E-state index is 12.9. The van der Waals surface area contributed by atoms with Crippen molar-refractivity contribution in [3.05, 3.63) is 134 Å². The highest BCUT2D eigenvalue weighted by atomic mass is 16.6. The van der Waals surface area contributed by atoms with Gasteiger partial charge in [0, 0.05) is 19.3 Å². The molecule has 0 heterocycles. The van der Waals surface area contributed by atoms with Crippen LogP contribution in [0, 0.1) is 0 Å². The van der Waals surface area contributed by atoms with Crippen molar-refractivity contribution in [2.24, 2.45) is 0 Å². The molecule has 0 amide bonds. The highest BCUT2D eigenvalue weighted by Crippen LogP contribution is 2.15. The number of carbonyl (C=O) groups excluding carboxylic acids is 3. The quantitative estimate of drug-likeness (QED) is 0.0261. The topological polar surface area (TPSA) is 78.9 Å². The van der Waals surface area contributed by atoms with Crippen LogP contribution in [0.4, 0.5) is 0 Å². The molecule has 0 fully saturated rings. The molecule has 0 aliphatic rings. The summed E-state index contributed by atoms with van der Waals surface area (Å²) < 4.78 is 16.9. The van der Waals surface area contributed by atoms with Crippen molar-refractivity contribution >= 4 is 17.9 Å². The molecule has 0 saturated carbocycles. The zero-order valence-corrected chi connectivity index (χ0v) is 48.5. The number of rotatable bonds is 54. The SMILES string of the molecule is CC/C=C\C/C=C\C/C=C\C/C=C\C/C=C\C/C=C\CCCCCCCCC(=O)OCC(COC(=O)CCCCC/C=C\C/C=C\C/C=C\CC)OC(=O)CCCCCCCCCCC/C=C\C/C=C\CCCCC. The van der Waals surface area contributed by atoms with Gasteiger partial charge in [0.1, 0.15) is 13.2 Å². The minimum atomic E-state index is -0.805. The third-order valence-electron chi connectivity index (χ3n) is 12.6. The highest BCUT2D eigenvalue weighted by Gasteiger charge is 2.19. The Morgan fingerprint density at radius 3 is 0.827 bits per heavy atom. The fourth-order valence-corrected chi connectivity index (χ4v) is 8.08. The Hall–Kier alpha value is -4.45. The summed E-state index contributed by atoms with van der Waals surface area (Å²) in [4.78, 5) is 38.2. The van der Waals surface area contributed by atoms with Crippen molar-refractivity contribution in [3.8, 4) is 0 Å². The second kappa shape index (κ2) is 62.1. The molecule has 0 radical (unpaired) electrons.